The highest BCUT2D eigenvalue weighted by molar-refractivity contribution is 5.92. The van der Waals surface area contributed by atoms with E-state index >= 15 is 0 Å². The van der Waals surface area contributed by atoms with Crippen LogP contribution >= 0.6 is 0 Å². The zero-order valence-electron chi connectivity index (χ0n) is 26.7. The Morgan fingerprint density at radius 3 is 2.45 bits per heavy atom. The van der Waals surface area contributed by atoms with E-state index in [1.807, 2.05) is 12.1 Å². The van der Waals surface area contributed by atoms with Gasteiger partial charge in [0.05, 0.1) is 26.3 Å². The van der Waals surface area contributed by atoms with Crippen LogP contribution in [0.4, 0.5) is 17.5 Å². The first-order valence-corrected chi connectivity index (χ1v) is 15.1. The van der Waals surface area contributed by atoms with Gasteiger partial charge in [-0.05, 0) is 45.1 Å². The van der Waals surface area contributed by atoms with E-state index in [4.69, 9.17) is 24.2 Å². The summed E-state index contributed by atoms with van der Waals surface area (Å²) in [6.07, 6.45) is 5.49. The van der Waals surface area contributed by atoms with Crippen LogP contribution in [0.25, 0.3) is 10.9 Å². The summed E-state index contributed by atoms with van der Waals surface area (Å²) >= 11 is 0. The van der Waals surface area contributed by atoms with Crippen molar-refractivity contribution in [2.45, 2.75) is 32.0 Å². The van der Waals surface area contributed by atoms with Crippen LogP contribution in [-0.2, 0) is 13.1 Å². The number of H-pyrrole nitrogens is 1. The van der Waals surface area contributed by atoms with Crippen molar-refractivity contribution < 1.29 is 14.2 Å². The van der Waals surface area contributed by atoms with Gasteiger partial charge in [-0.15, -0.1) is 0 Å². The van der Waals surface area contributed by atoms with E-state index in [9.17, 15) is 0 Å². The Balaban J connectivity index is 1.31. The van der Waals surface area contributed by atoms with E-state index in [2.05, 4.69) is 81.7 Å². The lowest BCUT2D eigenvalue weighted by Crippen LogP contribution is -2.39. The van der Waals surface area contributed by atoms with Crippen molar-refractivity contribution in [2.75, 3.05) is 84.2 Å². The van der Waals surface area contributed by atoms with Crippen LogP contribution in [0, 0.1) is 0 Å². The largest absolute Gasteiger partial charge is 0.493 e. The number of anilines is 3. The second kappa shape index (κ2) is 14.5. The van der Waals surface area contributed by atoms with Crippen LogP contribution in [0.1, 0.15) is 24.2 Å². The van der Waals surface area contributed by atoms with E-state index in [0.717, 1.165) is 67.3 Å². The van der Waals surface area contributed by atoms with Crippen molar-refractivity contribution in [2.24, 2.45) is 0 Å². The number of hydrogen-bond acceptors (Lipinski definition) is 11. The van der Waals surface area contributed by atoms with Crippen molar-refractivity contribution in [1.29, 1.82) is 0 Å². The first kappa shape index (κ1) is 31.1. The molecule has 1 aliphatic heterocycles. The average Bonchev–Trinajstić information content (AvgIpc) is 3.54. The predicted octanol–water partition coefficient (Wildman–Crippen LogP) is 4.07. The second-order valence-corrected chi connectivity index (χ2v) is 11.5. The lowest BCUT2D eigenvalue weighted by atomic mass is 10.0. The summed E-state index contributed by atoms with van der Waals surface area (Å²) in [5.41, 5.74) is 3.19. The minimum Gasteiger partial charge on any atom is -0.493 e. The minimum atomic E-state index is 0.260. The number of likely N-dealkylation sites (N-methyl/N-ethyl adjacent to an activating group) is 1. The van der Waals surface area contributed by atoms with Gasteiger partial charge in [-0.2, -0.15) is 4.98 Å². The topological polar surface area (TPSA) is 116 Å². The van der Waals surface area contributed by atoms with E-state index in [1.54, 1.807) is 26.6 Å². The molecule has 3 heterocycles. The Morgan fingerprint density at radius 1 is 1.00 bits per heavy atom. The standard InChI is InChI=1S/C32H45N9O3/c1-39(2)16-17-44-27-9-7-8-26(40(3)4)24(27)21-41-14-10-22(11-15-41)36-31-23-18-28(42-5)29(43-6)19-25(23)37-32(38-31)35-20-30-33-12-13-34-30/h7-9,12-13,18-19,22H,10-11,14-17,20-21H2,1-6H3,(H,33,34)(H2,35,36,37,38). The van der Waals surface area contributed by atoms with Crippen LogP contribution in [0.15, 0.2) is 42.7 Å². The van der Waals surface area contributed by atoms with Gasteiger partial charge in [-0.25, -0.2) is 9.97 Å². The molecule has 0 aliphatic carbocycles. The number of nitrogens with zero attached hydrogens (tertiary/aromatic N) is 6. The van der Waals surface area contributed by atoms with Gasteiger partial charge < -0.3 is 39.6 Å². The van der Waals surface area contributed by atoms with Gasteiger partial charge in [0.15, 0.2) is 11.5 Å². The molecule has 4 aromatic rings. The number of nitrogens with one attached hydrogen (secondary N) is 3. The second-order valence-electron chi connectivity index (χ2n) is 11.5. The molecule has 0 unspecified atom stereocenters. The van der Waals surface area contributed by atoms with Crippen LogP contribution in [0.3, 0.4) is 0 Å². The van der Waals surface area contributed by atoms with Gasteiger partial charge in [0.25, 0.3) is 0 Å². The molecule has 0 bridgehead atoms. The average molecular weight is 604 g/mol. The van der Waals surface area contributed by atoms with Gasteiger partial charge in [0.2, 0.25) is 5.95 Å². The van der Waals surface area contributed by atoms with E-state index in [1.165, 1.54) is 11.3 Å². The summed E-state index contributed by atoms with van der Waals surface area (Å²) in [4.78, 5) is 23.9. The molecular weight excluding hydrogens is 558 g/mol. The fraction of sp³-hybridized carbons (Fsp3) is 0.469. The summed E-state index contributed by atoms with van der Waals surface area (Å²) in [5.74, 6) is 4.32. The highest BCUT2D eigenvalue weighted by Crippen LogP contribution is 2.36. The normalized spacial score (nSPS) is 14.2. The number of likely N-dealkylation sites (tertiary alicyclic amines) is 1. The number of ether oxygens (including phenoxy) is 3. The molecule has 0 saturated carbocycles. The highest BCUT2D eigenvalue weighted by atomic mass is 16.5. The van der Waals surface area contributed by atoms with Gasteiger partial charge in [0.1, 0.15) is 24.0 Å². The van der Waals surface area contributed by atoms with Crippen molar-refractivity contribution in [3.05, 3.63) is 54.1 Å². The number of imidazole rings is 1. The molecule has 0 spiro atoms. The smallest absolute Gasteiger partial charge is 0.225 e. The number of methoxy groups -OCH3 is 2. The third-order valence-electron chi connectivity index (χ3n) is 7.87. The summed E-state index contributed by atoms with van der Waals surface area (Å²) in [6.45, 7) is 4.77. The lowest BCUT2D eigenvalue weighted by molar-refractivity contribution is 0.205. The Bertz CT molecular complexity index is 1500. The molecule has 1 saturated heterocycles. The SMILES string of the molecule is COc1cc2nc(NCc3ncc[nH]3)nc(NC3CCN(Cc4c(OCCN(C)C)cccc4N(C)C)CC3)c2cc1OC. The van der Waals surface area contributed by atoms with Crippen molar-refractivity contribution in [3.8, 4) is 17.2 Å². The Labute approximate surface area is 259 Å². The number of fused-ring (bicyclic) bond motifs is 1. The molecule has 3 N–H and O–H groups in total. The molecule has 0 radical (unpaired) electrons. The van der Waals surface area contributed by atoms with Crippen molar-refractivity contribution in [3.63, 3.8) is 0 Å². The molecule has 1 fully saturated rings. The van der Waals surface area contributed by atoms with Gasteiger partial charge >= 0.3 is 0 Å². The number of hydrogen-bond donors (Lipinski definition) is 3. The fourth-order valence-corrected chi connectivity index (χ4v) is 5.46. The molecule has 5 rings (SSSR count). The number of aromatic nitrogens is 4. The van der Waals surface area contributed by atoms with Crippen LogP contribution in [0.2, 0.25) is 0 Å². The third-order valence-corrected chi connectivity index (χ3v) is 7.87. The summed E-state index contributed by atoms with van der Waals surface area (Å²) < 4.78 is 17.4. The Hall–Kier alpha value is -4.29. The molecule has 44 heavy (non-hydrogen) atoms. The molecule has 2 aromatic carbocycles. The van der Waals surface area contributed by atoms with Gasteiger partial charge in [-0.3, -0.25) is 4.90 Å². The number of aromatic amines is 1. The molecule has 2 aromatic heterocycles. The van der Waals surface area contributed by atoms with Crippen LogP contribution < -0.4 is 29.7 Å². The van der Waals surface area contributed by atoms with E-state index < -0.39 is 0 Å². The molecule has 12 nitrogen and oxygen atoms in total. The first-order chi connectivity index (χ1) is 21.3. The maximum absolute atomic E-state index is 6.26. The third kappa shape index (κ3) is 7.61. The van der Waals surface area contributed by atoms with Crippen LogP contribution in [0.5, 0.6) is 17.2 Å². The molecule has 1 aliphatic rings. The van der Waals surface area contributed by atoms with E-state index in [-0.39, 0.29) is 6.04 Å². The van der Waals surface area contributed by atoms with Gasteiger partial charge in [0, 0.05) is 81.4 Å². The first-order valence-electron chi connectivity index (χ1n) is 15.1. The molecule has 236 valence electrons. The highest BCUT2D eigenvalue weighted by Gasteiger charge is 2.24. The predicted molar refractivity (Wildman–Crippen MR) is 175 cm³/mol. The zero-order valence-corrected chi connectivity index (χ0v) is 26.7. The van der Waals surface area contributed by atoms with E-state index in [0.29, 0.717) is 30.6 Å². The van der Waals surface area contributed by atoms with Crippen molar-refractivity contribution >= 4 is 28.4 Å². The minimum absolute atomic E-state index is 0.260. The Kier molecular flexibility index (Phi) is 10.2. The zero-order chi connectivity index (χ0) is 31.1. The summed E-state index contributed by atoms with van der Waals surface area (Å²) in [7, 11) is 11.6. The quantitative estimate of drug-likeness (QED) is 0.194. The summed E-state index contributed by atoms with van der Waals surface area (Å²) in [5, 5.41) is 7.92. The van der Waals surface area contributed by atoms with Gasteiger partial charge in [-0.1, -0.05) is 6.07 Å². The lowest BCUT2D eigenvalue weighted by Gasteiger charge is -2.34. The molecule has 0 amide bonds. The van der Waals surface area contributed by atoms with Crippen LogP contribution in [-0.4, -0.2) is 104 Å². The summed E-state index contributed by atoms with van der Waals surface area (Å²) in [6, 6.07) is 10.4. The fourth-order valence-electron chi connectivity index (χ4n) is 5.46. The number of benzene rings is 2. The van der Waals surface area contributed by atoms with Crippen molar-refractivity contribution in [1.82, 2.24) is 29.7 Å². The maximum atomic E-state index is 6.26. The maximum Gasteiger partial charge on any atom is 0.225 e. The monoisotopic (exact) mass is 603 g/mol. The Morgan fingerprint density at radius 2 is 1.77 bits per heavy atom. The number of rotatable bonds is 14. The molecule has 12 heteroatoms. The number of piperidine rings is 1. The molecular formula is C32H45N9O3. The molecule has 0 atom stereocenters.